The molecule has 0 saturated heterocycles. The van der Waals surface area contributed by atoms with Crippen LogP contribution in [-0.2, 0) is 6.54 Å². The topological polar surface area (TPSA) is 76.7 Å². The fraction of sp³-hybridized carbons (Fsp3) is 0.133. The number of halogens is 1. The van der Waals surface area contributed by atoms with Crippen LogP contribution in [0.3, 0.4) is 0 Å². The molecule has 0 bridgehead atoms. The lowest BCUT2D eigenvalue weighted by Crippen LogP contribution is -2.14. The second kappa shape index (κ2) is 4.81. The van der Waals surface area contributed by atoms with Crippen molar-refractivity contribution >= 4 is 38.0 Å². The van der Waals surface area contributed by atoms with Gasteiger partial charge < -0.3 is 14.0 Å². The zero-order valence-electron chi connectivity index (χ0n) is 11.6. The number of rotatable bonds is 2. The molecule has 0 atom stereocenters. The van der Waals surface area contributed by atoms with Crippen LogP contribution in [0.4, 0.5) is 0 Å². The van der Waals surface area contributed by atoms with E-state index in [1.54, 1.807) is 6.20 Å². The van der Waals surface area contributed by atoms with Crippen molar-refractivity contribution in [3.8, 4) is 0 Å². The van der Waals surface area contributed by atoms with E-state index < -0.39 is 0 Å². The number of nitrogens with zero attached hydrogens (tertiary/aromatic N) is 3. The number of aryl methyl sites for hydroxylation is 1. The van der Waals surface area contributed by atoms with E-state index in [-0.39, 0.29) is 11.1 Å². The number of benzene rings is 1. The highest BCUT2D eigenvalue weighted by Crippen LogP contribution is 2.27. The summed E-state index contributed by atoms with van der Waals surface area (Å²) in [7, 11) is 0. The summed E-state index contributed by atoms with van der Waals surface area (Å²) in [5.41, 5.74) is 1.20. The minimum atomic E-state index is -0.273. The standard InChI is InChI=1S/C15H11BrN4O2/c1-8-17-4-5-20(8)7-12-18-13-10-6-9(16)2-3-11(10)22-14(13)15(21)19-12/h2-6H,7H2,1H3,(H,18,19,21). The average Bonchev–Trinajstić information content (AvgIpc) is 3.04. The van der Waals surface area contributed by atoms with Crippen molar-refractivity contribution in [2.45, 2.75) is 13.5 Å². The Labute approximate surface area is 132 Å². The van der Waals surface area contributed by atoms with Gasteiger partial charge in [0.15, 0.2) is 0 Å². The summed E-state index contributed by atoms with van der Waals surface area (Å²) < 4.78 is 8.44. The van der Waals surface area contributed by atoms with Crippen LogP contribution in [0, 0.1) is 6.92 Å². The summed E-state index contributed by atoms with van der Waals surface area (Å²) in [5.74, 6) is 1.43. The largest absolute Gasteiger partial charge is 0.449 e. The van der Waals surface area contributed by atoms with Crippen molar-refractivity contribution in [2.75, 3.05) is 0 Å². The SMILES string of the molecule is Cc1nccn1Cc1nc2c(oc3ccc(Br)cc32)c(=O)[nH]1. The Kier molecular flexibility index (Phi) is 2.90. The van der Waals surface area contributed by atoms with E-state index in [4.69, 9.17) is 4.42 Å². The fourth-order valence-corrected chi connectivity index (χ4v) is 2.84. The van der Waals surface area contributed by atoms with Gasteiger partial charge in [0.05, 0.1) is 6.54 Å². The van der Waals surface area contributed by atoms with E-state index >= 15 is 0 Å². The lowest BCUT2D eigenvalue weighted by molar-refractivity contribution is 0.655. The Bertz CT molecular complexity index is 1060. The molecule has 4 rings (SSSR count). The van der Waals surface area contributed by atoms with E-state index in [2.05, 4.69) is 30.9 Å². The van der Waals surface area contributed by atoms with Gasteiger partial charge in [-0.2, -0.15) is 0 Å². The molecule has 3 aromatic heterocycles. The van der Waals surface area contributed by atoms with Crippen LogP contribution >= 0.6 is 15.9 Å². The van der Waals surface area contributed by atoms with Gasteiger partial charge in [-0.25, -0.2) is 9.97 Å². The third-order valence-corrected chi connectivity index (χ3v) is 4.07. The molecule has 6 nitrogen and oxygen atoms in total. The van der Waals surface area contributed by atoms with Gasteiger partial charge in [-0.3, -0.25) is 4.79 Å². The molecule has 3 heterocycles. The predicted octanol–water partition coefficient (Wildman–Crippen LogP) is 2.99. The molecule has 1 N–H and O–H groups in total. The van der Waals surface area contributed by atoms with Crippen LogP contribution in [0.2, 0.25) is 0 Å². The summed E-state index contributed by atoms with van der Waals surface area (Å²) in [5, 5.41) is 0.819. The zero-order chi connectivity index (χ0) is 15.3. The van der Waals surface area contributed by atoms with E-state index in [0.717, 1.165) is 15.7 Å². The number of aromatic nitrogens is 4. The van der Waals surface area contributed by atoms with Gasteiger partial charge in [0.2, 0.25) is 5.58 Å². The van der Waals surface area contributed by atoms with Crippen LogP contribution in [0.15, 0.2) is 44.3 Å². The minimum Gasteiger partial charge on any atom is -0.449 e. The molecule has 0 aliphatic rings. The van der Waals surface area contributed by atoms with Crippen molar-refractivity contribution in [3.63, 3.8) is 0 Å². The minimum absolute atomic E-state index is 0.249. The second-order valence-corrected chi connectivity index (χ2v) is 5.95. The molecule has 1 aromatic carbocycles. The van der Waals surface area contributed by atoms with E-state index in [0.29, 0.717) is 23.5 Å². The lowest BCUT2D eigenvalue weighted by Gasteiger charge is -2.04. The van der Waals surface area contributed by atoms with Gasteiger partial charge in [-0.15, -0.1) is 0 Å². The lowest BCUT2D eigenvalue weighted by atomic mass is 10.2. The summed E-state index contributed by atoms with van der Waals surface area (Å²) in [4.78, 5) is 23.7. The van der Waals surface area contributed by atoms with Crippen LogP contribution in [0.1, 0.15) is 11.6 Å². The normalized spacial score (nSPS) is 11.5. The van der Waals surface area contributed by atoms with Crippen molar-refractivity contribution in [2.24, 2.45) is 0 Å². The van der Waals surface area contributed by atoms with Gasteiger partial charge in [0.25, 0.3) is 5.56 Å². The highest BCUT2D eigenvalue weighted by atomic mass is 79.9. The quantitative estimate of drug-likeness (QED) is 0.597. The molecule has 110 valence electrons. The molecular weight excluding hydrogens is 348 g/mol. The number of nitrogens with one attached hydrogen (secondary N) is 1. The molecule has 0 radical (unpaired) electrons. The Morgan fingerprint density at radius 2 is 2.27 bits per heavy atom. The summed E-state index contributed by atoms with van der Waals surface area (Å²) in [6, 6.07) is 5.59. The summed E-state index contributed by atoms with van der Waals surface area (Å²) >= 11 is 3.43. The van der Waals surface area contributed by atoms with Gasteiger partial charge in [0.1, 0.15) is 22.7 Å². The second-order valence-electron chi connectivity index (χ2n) is 5.04. The maximum absolute atomic E-state index is 12.2. The van der Waals surface area contributed by atoms with Gasteiger partial charge >= 0.3 is 0 Å². The van der Waals surface area contributed by atoms with Gasteiger partial charge in [-0.1, -0.05) is 15.9 Å². The van der Waals surface area contributed by atoms with Gasteiger partial charge in [0, 0.05) is 22.3 Å². The van der Waals surface area contributed by atoms with Crippen LogP contribution in [0.25, 0.3) is 22.1 Å². The molecule has 0 spiro atoms. The van der Waals surface area contributed by atoms with E-state index in [1.165, 1.54) is 0 Å². The first-order chi connectivity index (χ1) is 10.6. The molecule has 7 heteroatoms. The van der Waals surface area contributed by atoms with Crippen molar-refractivity contribution in [1.29, 1.82) is 0 Å². The smallest absolute Gasteiger partial charge is 0.294 e. The summed E-state index contributed by atoms with van der Waals surface area (Å²) in [6.07, 6.45) is 3.57. The Morgan fingerprint density at radius 3 is 3.05 bits per heavy atom. The molecule has 0 unspecified atom stereocenters. The van der Waals surface area contributed by atoms with Crippen LogP contribution in [-0.4, -0.2) is 19.5 Å². The molecule has 0 aliphatic heterocycles. The number of furan rings is 1. The Morgan fingerprint density at radius 1 is 1.41 bits per heavy atom. The number of aromatic amines is 1. The van der Waals surface area contributed by atoms with Crippen LogP contribution < -0.4 is 5.56 Å². The molecule has 0 aliphatic carbocycles. The van der Waals surface area contributed by atoms with Crippen molar-refractivity contribution in [3.05, 3.63) is 57.1 Å². The van der Waals surface area contributed by atoms with Crippen LogP contribution in [0.5, 0.6) is 0 Å². The number of imidazole rings is 1. The summed E-state index contributed by atoms with van der Waals surface area (Å²) in [6.45, 7) is 2.36. The maximum Gasteiger partial charge on any atom is 0.294 e. The van der Waals surface area contributed by atoms with Gasteiger partial charge in [-0.05, 0) is 25.1 Å². The highest BCUT2D eigenvalue weighted by Gasteiger charge is 2.14. The predicted molar refractivity (Wildman–Crippen MR) is 85.9 cm³/mol. The molecule has 22 heavy (non-hydrogen) atoms. The van der Waals surface area contributed by atoms with E-state index in [1.807, 2.05) is 35.9 Å². The highest BCUT2D eigenvalue weighted by molar-refractivity contribution is 9.10. The van der Waals surface area contributed by atoms with Crippen molar-refractivity contribution < 1.29 is 4.42 Å². The fourth-order valence-electron chi connectivity index (χ4n) is 2.48. The van der Waals surface area contributed by atoms with Crippen molar-refractivity contribution in [1.82, 2.24) is 19.5 Å². The first-order valence-corrected chi connectivity index (χ1v) is 7.50. The average molecular weight is 359 g/mol. The number of hydrogen-bond acceptors (Lipinski definition) is 4. The zero-order valence-corrected chi connectivity index (χ0v) is 13.2. The molecule has 0 fully saturated rings. The third-order valence-electron chi connectivity index (χ3n) is 3.58. The molecule has 4 aromatic rings. The Hall–Kier alpha value is -2.41. The molecule has 0 amide bonds. The van der Waals surface area contributed by atoms with E-state index in [9.17, 15) is 4.79 Å². The number of H-pyrrole nitrogens is 1. The maximum atomic E-state index is 12.2. The third kappa shape index (κ3) is 2.05. The first-order valence-electron chi connectivity index (χ1n) is 6.70. The molecule has 0 saturated carbocycles. The first kappa shape index (κ1) is 13.3. The number of fused-ring (bicyclic) bond motifs is 3. The monoisotopic (exact) mass is 358 g/mol. The Balaban J connectivity index is 1.94. The number of hydrogen-bond donors (Lipinski definition) is 1. The molecular formula is C15H11BrN4O2.